The zero-order valence-electron chi connectivity index (χ0n) is 7.40. The first-order chi connectivity index (χ1) is 5.95. The summed E-state index contributed by atoms with van der Waals surface area (Å²) in [7, 11) is 0. The first kappa shape index (κ1) is 10.5. The van der Waals surface area contributed by atoms with Crippen LogP contribution < -0.4 is 0 Å². The van der Waals surface area contributed by atoms with Gasteiger partial charge in [0.15, 0.2) is 0 Å². The van der Waals surface area contributed by atoms with E-state index in [9.17, 15) is 13.2 Å². The van der Waals surface area contributed by atoms with E-state index in [4.69, 9.17) is 0 Å². The molecule has 0 fully saturated rings. The fraction of sp³-hybridized carbons (Fsp3) is 0.625. The Morgan fingerprint density at radius 1 is 1.38 bits per heavy atom. The summed E-state index contributed by atoms with van der Waals surface area (Å²) in [5.41, 5.74) is 0.0981. The smallest absolute Gasteiger partial charge is 0.246 e. The van der Waals surface area contributed by atoms with E-state index in [1.807, 2.05) is 6.92 Å². The highest BCUT2D eigenvalue weighted by Crippen LogP contribution is 2.36. The van der Waals surface area contributed by atoms with Crippen molar-refractivity contribution < 1.29 is 13.2 Å². The van der Waals surface area contributed by atoms with Crippen molar-refractivity contribution in [2.45, 2.75) is 32.9 Å². The van der Waals surface area contributed by atoms with Crippen molar-refractivity contribution in [2.75, 3.05) is 0 Å². The Balaban J connectivity index is 2.96. The number of rotatable bonds is 2. The van der Waals surface area contributed by atoms with Gasteiger partial charge in [-0.25, -0.2) is 4.98 Å². The molecule has 5 heteroatoms. The zero-order valence-corrected chi connectivity index (χ0v) is 8.22. The molecule has 1 aromatic heterocycles. The van der Waals surface area contributed by atoms with Crippen molar-refractivity contribution in [3.63, 3.8) is 0 Å². The van der Waals surface area contributed by atoms with Gasteiger partial charge >= 0.3 is 6.18 Å². The number of nitrogens with zero attached hydrogens (tertiary/aromatic N) is 1. The van der Waals surface area contributed by atoms with Gasteiger partial charge in [0.2, 0.25) is 0 Å². The molecule has 0 radical (unpaired) electrons. The second-order valence-electron chi connectivity index (χ2n) is 2.77. The molecule has 0 aliphatic rings. The third-order valence-electron chi connectivity index (χ3n) is 1.56. The highest BCUT2D eigenvalue weighted by atomic mass is 32.1. The van der Waals surface area contributed by atoms with Crippen molar-refractivity contribution in [3.8, 4) is 0 Å². The van der Waals surface area contributed by atoms with Crippen molar-refractivity contribution >= 4 is 11.3 Å². The van der Waals surface area contributed by atoms with E-state index in [0.29, 0.717) is 11.4 Å². The van der Waals surface area contributed by atoms with Gasteiger partial charge in [-0.3, -0.25) is 0 Å². The van der Waals surface area contributed by atoms with E-state index in [-0.39, 0.29) is 5.69 Å². The van der Waals surface area contributed by atoms with Crippen molar-refractivity contribution in [1.82, 2.24) is 4.98 Å². The van der Waals surface area contributed by atoms with E-state index in [1.54, 1.807) is 0 Å². The Morgan fingerprint density at radius 3 is 2.38 bits per heavy atom. The minimum atomic E-state index is -4.24. The SMILES string of the molecule is CCCc1nc(C)c(C(F)(F)F)s1. The maximum absolute atomic E-state index is 12.3. The van der Waals surface area contributed by atoms with Crippen LogP contribution in [0.1, 0.15) is 28.9 Å². The van der Waals surface area contributed by atoms with Crippen molar-refractivity contribution in [3.05, 3.63) is 15.6 Å². The quantitative estimate of drug-likeness (QED) is 0.727. The molecule has 74 valence electrons. The van der Waals surface area contributed by atoms with Crippen LogP contribution in [-0.2, 0) is 12.6 Å². The first-order valence-electron chi connectivity index (χ1n) is 3.98. The highest BCUT2D eigenvalue weighted by Gasteiger charge is 2.35. The lowest BCUT2D eigenvalue weighted by Gasteiger charge is -2.01. The Hall–Kier alpha value is -0.580. The predicted molar refractivity (Wildman–Crippen MR) is 45.8 cm³/mol. The fourth-order valence-corrected chi connectivity index (χ4v) is 2.07. The van der Waals surface area contributed by atoms with Crippen LogP contribution in [0.4, 0.5) is 13.2 Å². The first-order valence-corrected chi connectivity index (χ1v) is 4.80. The number of thiazole rings is 1. The number of halogens is 3. The summed E-state index contributed by atoms with van der Waals surface area (Å²) < 4.78 is 36.8. The Bertz CT molecular complexity index is 290. The molecule has 0 aliphatic heterocycles. The monoisotopic (exact) mass is 209 g/mol. The van der Waals surface area contributed by atoms with Crippen LogP contribution in [0.3, 0.4) is 0 Å². The summed E-state index contributed by atoms with van der Waals surface area (Å²) in [6, 6.07) is 0. The standard InChI is InChI=1S/C8H10F3NS/c1-3-4-6-12-5(2)7(13-6)8(9,10)11/h3-4H2,1-2H3. The number of alkyl halides is 3. The molecule has 0 spiro atoms. The summed E-state index contributed by atoms with van der Waals surface area (Å²) in [6.45, 7) is 3.32. The Morgan fingerprint density at radius 2 is 2.00 bits per heavy atom. The summed E-state index contributed by atoms with van der Waals surface area (Å²) in [5, 5.41) is 0.576. The largest absolute Gasteiger partial charge is 0.427 e. The number of aromatic nitrogens is 1. The number of hydrogen-bond acceptors (Lipinski definition) is 2. The lowest BCUT2D eigenvalue weighted by atomic mass is 10.3. The molecule has 0 aliphatic carbocycles. The van der Waals surface area contributed by atoms with E-state index in [0.717, 1.165) is 17.8 Å². The summed E-state index contributed by atoms with van der Waals surface area (Å²) in [6.07, 6.45) is -2.79. The van der Waals surface area contributed by atoms with Gasteiger partial charge in [0, 0.05) is 0 Å². The second-order valence-corrected chi connectivity index (χ2v) is 3.85. The van der Waals surface area contributed by atoms with Crippen LogP contribution in [0.5, 0.6) is 0 Å². The minimum absolute atomic E-state index is 0.0981. The fourth-order valence-electron chi connectivity index (χ4n) is 1.04. The summed E-state index contributed by atoms with van der Waals surface area (Å²) in [5.74, 6) is 0. The van der Waals surface area contributed by atoms with Gasteiger partial charge in [-0.15, -0.1) is 11.3 Å². The molecule has 1 aromatic rings. The zero-order chi connectivity index (χ0) is 10.1. The molecular formula is C8H10F3NS. The average molecular weight is 209 g/mol. The van der Waals surface area contributed by atoms with Crippen LogP contribution >= 0.6 is 11.3 Å². The molecule has 0 atom stereocenters. The predicted octanol–water partition coefficient (Wildman–Crippen LogP) is 3.42. The second kappa shape index (κ2) is 3.65. The van der Waals surface area contributed by atoms with E-state index in [2.05, 4.69) is 4.98 Å². The average Bonchev–Trinajstić information content (AvgIpc) is 2.30. The molecule has 1 heterocycles. The van der Waals surface area contributed by atoms with Gasteiger partial charge in [0.05, 0.1) is 10.7 Å². The van der Waals surface area contributed by atoms with Crippen LogP contribution in [0.2, 0.25) is 0 Å². The van der Waals surface area contributed by atoms with Crippen molar-refractivity contribution in [2.24, 2.45) is 0 Å². The molecule has 1 nitrogen and oxygen atoms in total. The third-order valence-corrected chi connectivity index (χ3v) is 2.82. The molecule has 0 amide bonds. The molecular weight excluding hydrogens is 199 g/mol. The summed E-state index contributed by atoms with van der Waals surface area (Å²) in [4.78, 5) is 3.31. The van der Waals surface area contributed by atoms with Gasteiger partial charge in [0.1, 0.15) is 4.88 Å². The summed E-state index contributed by atoms with van der Waals surface area (Å²) >= 11 is 0.755. The van der Waals surface area contributed by atoms with E-state index < -0.39 is 11.1 Å². The molecule has 0 saturated carbocycles. The molecule has 1 rings (SSSR count). The molecule has 0 bridgehead atoms. The number of hydrogen-bond donors (Lipinski definition) is 0. The van der Waals surface area contributed by atoms with Gasteiger partial charge in [-0.2, -0.15) is 13.2 Å². The lowest BCUT2D eigenvalue weighted by molar-refractivity contribution is -0.134. The minimum Gasteiger partial charge on any atom is -0.246 e. The Kier molecular flexibility index (Phi) is 2.95. The highest BCUT2D eigenvalue weighted by molar-refractivity contribution is 7.11. The lowest BCUT2D eigenvalue weighted by Crippen LogP contribution is -2.03. The van der Waals surface area contributed by atoms with Gasteiger partial charge in [-0.1, -0.05) is 6.92 Å². The third kappa shape index (κ3) is 2.43. The van der Waals surface area contributed by atoms with E-state index in [1.165, 1.54) is 6.92 Å². The normalized spacial score (nSPS) is 12.1. The molecule has 0 unspecified atom stereocenters. The van der Waals surface area contributed by atoms with Crippen LogP contribution in [-0.4, -0.2) is 4.98 Å². The molecule has 0 N–H and O–H groups in total. The maximum atomic E-state index is 12.3. The van der Waals surface area contributed by atoms with E-state index >= 15 is 0 Å². The topological polar surface area (TPSA) is 12.9 Å². The Labute approximate surface area is 78.6 Å². The molecule has 0 saturated heterocycles. The van der Waals surface area contributed by atoms with Gasteiger partial charge in [0.25, 0.3) is 0 Å². The van der Waals surface area contributed by atoms with Gasteiger partial charge in [-0.05, 0) is 19.8 Å². The van der Waals surface area contributed by atoms with Crippen LogP contribution in [0, 0.1) is 6.92 Å². The van der Waals surface area contributed by atoms with Crippen LogP contribution in [0.15, 0.2) is 0 Å². The number of aryl methyl sites for hydroxylation is 2. The maximum Gasteiger partial charge on any atom is 0.427 e. The van der Waals surface area contributed by atoms with Crippen LogP contribution in [0.25, 0.3) is 0 Å². The van der Waals surface area contributed by atoms with Crippen molar-refractivity contribution in [1.29, 1.82) is 0 Å². The molecule has 0 aromatic carbocycles. The van der Waals surface area contributed by atoms with Gasteiger partial charge < -0.3 is 0 Å². The molecule has 13 heavy (non-hydrogen) atoms.